The number of fused-ring (bicyclic) bond motifs is 1. The van der Waals surface area contributed by atoms with Crippen LogP contribution in [0, 0.1) is 18.7 Å². The molecule has 7 nitrogen and oxygen atoms in total. The van der Waals surface area contributed by atoms with Crippen molar-refractivity contribution in [2.45, 2.75) is 71.6 Å². The largest absolute Gasteiger partial charge is 0.354 e. The van der Waals surface area contributed by atoms with Crippen LogP contribution in [0.3, 0.4) is 0 Å². The van der Waals surface area contributed by atoms with Gasteiger partial charge >= 0.3 is 0 Å². The SMILES string of the molecule is CCCc1nc(N2CCCN(C(=O)CCC3CCCC3)CC2)c2c(C)nn(-c3ccc(F)cc3)c2n1. The van der Waals surface area contributed by atoms with E-state index in [1.807, 2.05) is 6.92 Å². The first kappa shape index (κ1) is 24.7. The summed E-state index contributed by atoms with van der Waals surface area (Å²) in [4.78, 5) is 27.2. The number of aromatic nitrogens is 4. The first-order valence-electron chi connectivity index (χ1n) is 13.6. The number of carbonyl (C=O) groups is 1. The molecule has 0 spiro atoms. The minimum Gasteiger partial charge on any atom is -0.354 e. The van der Waals surface area contributed by atoms with Gasteiger partial charge in [0.25, 0.3) is 0 Å². The second kappa shape index (κ2) is 10.9. The molecular weight excluding hydrogens is 455 g/mol. The average molecular weight is 493 g/mol. The van der Waals surface area contributed by atoms with Crippen LogP contribution in [0.4, 0.5) is 10.2 Å². The zero-order chi connectivity index (χ0) is 25.1. The summed E-state index contributed by atoms with van der Waals surface area (Å²) in [6, 6.07) is 6.34. The van der Waals surface area contributed by atoms with Crippen molar-refractivity contribution in [3.8, 4) is 5.69 Å². The molecule has 0 N–H and O–H groups in total. The van der Waals surface area contributed by atoms with Crippen LogP contribution in [-0.4, -0.2) is 56.7 Å². The summed E-state index contributed by atoms with van der Waals surface area (Å²) in [6.45, 7) is 7.19. The third-order valence-corrected chi connectivity index (χ3v) is 7.66. The molecule has 5 rings (SSSR count). The Morgan fingerprint density at radius 2 is 1.81 bits per heavy atom. The normalized spacial score (nSPS) is 17.2. The van der Waals surface area contributed by atoms with Gasteiger partial charge in [-0.2, -0.15) is 5.10 Å². The van der Waals surface area contributed by atoms with E-state index in [2.05, 4.69) is 16.7 Å². The van der Waals surface area contributed by atoms with Gasteiger partial charge in [-0.25, -0.2) is 19.0 Å². The number of aryl methyl sites for hydroxylation is 2. The summed E-state index contributed by atoms with van der Waals surface area (Å²) in [5, 5.41) is 5.71. The summed E-state index contributed by atoms with van der Waals surface area (Å²) in [5.41, 5.74) is 2.37. The Kier molecular flexibility index (Phi) is 7.48. The molecule has 3 aromatic rings. The van der Waals surface area contributed by atoms with E-state index in [0.29, 0.717) is 18.9 Å². The van der Waals surface area contributed by atoms with Crippen LogP contribution < -0.4 is 4.90 Å². The maximum absolute atomic E-state index is 13.6. The van der Waals surface area contributed by atoms with E-state index in [0.717, 1.165) is 85.3 Å². The number of hydrogen-bond acceptors (Lipinski definition) is 5. The lowest BCUT2D eigenvalue weighted by atomic mass is 10.0. The maximum Gasteiger partial charge on any atom is 0.222 e. The minimum absolute atomic E-state index is 0.277. The van der Waals surface area contributed by atoms with Crippen LogP contribution in [0.25, 0.3) is 16.7 Å². The van der Waals surface area contributed by atoms with Crippen molar-refractivity contribution >= 4 is 22.8 Å². The number of amides is 1. The number of benzene rings is 1. The lowest BCUT2D eigenvalue weighted by Crippen LogP contribution is -2.35. The Bertz CT molecular complexity index is 1200. The maximum atomic E-state index is 13.6. The highest BCUT2D eigenvalue weighted by Gasteiger charge is 2.25. The van der Waals surface area contributed by atoms with E-state index in [9.17, 15) is 9.18 Å². The average Bonchev–Trinajstić information content (AvgIpc) is 3.43. The smallest absolute Gasteiger partial charge is 0.222 e. The van der Waals surface area contributed by atoms with Crippen molar-refractivity contribution in [1.82, 2.24) is 24.6 Å². The van der Waals surface area contributed by atoms with Gasteiger partial charge in [-0.1, -0.05) is 32.6 Å². The van der Waals surface area contributed by atoms with E-state index < -0.39 is 0 Å². The molecule has 1 amide bonds. The van der Waals surface area contributed by atoms with Gasteiger partial charge < -0.3 is 9.80 Å². The molecule has 1 aliphatic heterocycles. The summed E-state index contributed by atoms with van der Waals surface area (Å²) < 4.78 is 15.4. The third kappa shape index (κ3) is 5.22. The predicted molar refractivity (Wildman–Crippen MR) is 140 cm³/mol. The Morgan fingerprint density at radius 3 is 2.56 bits per heavy atom. The molecule has 36 heavy (non-hydrogen) atoms. The molecule has 192 valence electrons. The number of rotatable bonds is 7. The zero-order valence-corrected chi connectivity index (χ0v) is 21.5. The van der Waals surface area contributed by atoms with Crippen molar-refractivity contribution in [3.05, 3.63) is 41.6 Å². The first-order valence-corrected chi connectivity index (χ1v) is 13.6. The molecule has 1 saturated carbocycles. The fraction of sp³-hybridized carbons (Fsp3) is 0.571. The fourth-order valence-electron chi connectivity index (χ4n) is 5.70. The minimum atomic E-state index is -0.277. The lowest BCUT2D eigenvalue weighted by molar-refractivity contribution is -0.131. The summed E-state index contributed by atoms with van der Waals surface area (Å²) in [6.07, 6.45) is 9.55. The standard InChI is InChI=1S/C28H37FN6O/c1-3-7-24-30-27(26-20(2)32-35(28(26)31-24)23-13-11-22(29)12-14-23)34-17-6-16-33(18-19-34)25(36)15-10-21-8-4-5-9-21/h11-14,21H,3-10,15-19H2,1-2H3. The van der Waals surface area contributed by atoms with E-state index in [-0.39, 0.29) is 5.82 Å². The molecule has 0 unspecified atom stereocenters. The third-order valence-electron chi connectivity index (χ3n) is 7.66. The van der Waals surface area contributed by atoms with Gasteiger partial charge in [-0.3, -0.25) is 4.79 Å². The second-order valence-corrected chi connectivity index (χ2v) is 10.3. The number of halogens is 1. The molecule has 3 heterocycles. The summed E-state index contributed by atoms with van der Waals surface area (Å²) >= 11 is 0. The molecule has 0 bridgehead atoms. The monoisotopic (exact) mass is 492 g/mol. The Balaban J connectivity index is 1.40. The topological polar surface area (TPSA) is 67.2 Å². The number of carbonyl (C=O) groups excluding carboxylic acids is 1. The van der Waals surface area contributed by atoms with Crippen molar-refractivity contribution in [1.29, 1.82) is 0 Å². The van der Waals surface area contributed by atoms with Crippen molar-refractivity contribution in [2.24, 2.45) is 5.92 Å². The molecule has 2 aromatic heterocycles. The van der Waals surface area contributed by atoms with Gasteiger partial charge in [0.15, 0.2) is 5.65 Å². The number of nitrogens with zero attached hydrogens (tertiary/aromatic N) is 6. The van der Waals surface area contributed by atoms with E-state index >= 15 is 0 Å². The van der Waals surface area contributed by atoms with Gasteiger partial charge in [0.1, 0.15) is 17.5 Å². The molecule has 0 radical (unpaired) electrons. The quantitative estimate of drug-likeness (QED) is 0.452. The summed E-state index contributed by atoms with van der Waals surface area (Å²) in [5.74, 6) is 2.44. The van der Waals surface area contributed by atoms with Crippen molar-refractivity contribution in [3.63, 3.8) is 0 Å². The van der Waals surface area contributed by atoms with Crippen LogP contribution in [0.5, 0.6) is 0 Å². The molecule has 1 saturated heterocycles. The van der Waals surface area contributed by atoms with E-state index in [1.165, 1.54) is 37.8 Å². The predicted octanol–water partition coefficient (Wildman–Crippen LogP) is 5.22. The highest BCUT2D eigenvalue weighted by molar-refractivity contribution is 5.91. The first-order chi connectivity index (χ1) is 17.5. The zero-order valence-electron chi connectivity index (χ0n) is 21.5. The van der Waals surface area contributed by atoms with Crippen molar-refractivity contribution < 1.29 is 9.18 Å². The molecule has 1 aromatic carbocycles. The van der Waals surface area contributed by atoms with Crippen LogP contribution in [0.15, 0.2) is 24.3 Å². The van der Waals surface area contributed by atoms with Gasteiger partial charge in [0.05, 0.1) is 16.8 Å². The molecule has 0 atom stereocenters. The Morgan fingerprint density at radius 1 is 1.03 bits per heavy atom. The molecule has 2 aliphatic rings. The highest BCUT2D eigenvalue weighted by Crippen LogP contribution is 2.31. The molecule has 2 fully saturated rings. The van der Waals surface area contributed by atoms with Gasteiger partial charge in [0, 0.05) is 39.0 Å². The molecule has 8 heteroatoms. The molecular formula is C28H37FN6O. The van der Waals surface area contributed by atoms with Crippen LogP contribution in [0.2, 0.25) is 0 Å². The van der Waals surface area contributed by atoms with Crippen LogP contribution in [-0.2, 0) is 11.2 Å². The second-order valence-electron chi connectivity index (χ2n) is 10.3. The van der Waals surface area contributed by atoms with Gasteiger partial charge in [-0.15, -0.1) is 0 Å². The van der Waals surface area contributed by atoms with Gasteiger partial charge in [-0.05, 0) is 56.4 Å². The van der Waals surface area contributed by atoms with E-state index in [1.54, 1.807) is 16.8 Å². The highest BCUT2D eigenvalue weighted by atomic mass is 19.1. The van der Waals surface area contributed by atoms with Crippen LogP contribution >= 0.6 is 0 Å². The fourth-order valence-corrected chi connectivity index (χ4v) is 5.70. The van der Waals surface area contributed by atoms with Crippen LogP contribution in [0.1, 0.15) is 69.8 Å². The van der Waals surface area contributed by atoms with E-state index in [4.69, 9.17) is 15.1 Å². The van der Waals surface area contributed by atoms with Gasteiger partial charge in [0.2, 0.25) is 5.91 Å². The molecule has 1 aliphatic carbocycles. The van der Waals surface area contributed by atoms with Crippen molar-refractivity contribution in [2.75, 3.05) is 31.1 Å². The lowest BCUT2D eigenvalue weighted by Gasteiger charge is -2.24. The number of anilines is 1. The number of hydrogen-bond donors (Lipinski definition) is 0. The Hall–Kier alpha value is -3.03. The summed E-state index contributed by atoms with van der Waals surface area (Å²) in [7, 11) is 0. The Labute approximate surface area is 212 Å².